The highest BCUT2D eigenvalue weighted by Crippen LogP contribution is 2.56. The molecule has 2 rings (SSSR count). The Morgan fingerprint density at radius 1 is 1.28 bits per heavy atom. The number of hydrogen-bond acceptors (Lipinski definition) is 5. The molecule has 0 bridgehead atoms. The van der Waals surface area contributed by atoms with Crippen LogP contribution >= 0.6 is 0 Å². The largest absolute Gasteiger partial charge is 0.595 e. The topological polar surface area (TPSA) is 91.1 Å². The first-order valence-corrected chi connectivity index (χ1v) is 8.63. The monoisotopic (exact) mass is 349 g/mol. The van der Waals surface area contributed by atoms with Crippen molar-refractivity contribution in [3.63, 3.8) is 0 Å². The van der Waals surface area contributed by atoms with Gasteiger partial charge in [0.15, 0.2) is 5.69 Å². The molecule has 6 heteroatoms. The lowest BCUT2D eigenvalue weighted by molar-refractivity contribution is -0.991. The van der Waals surface area contributed by atoms with Crippen LogP contribution in [0.1, 0.15) is 57.3 Å². The molecule has 0 amide bonds. The Hall–Kier alpha value is -1.76. The van der Waals surface area contributed by atoms with Crippen LogP contribution in [0.5, 0.6) is 0 Å². The Morgan fingerprint density at radius 3 is 2.36 bits per heavy atom. The highest BCUT2D eigenvalue weighted by molar-refractivity contribution is 5.90. The average molecular weight is 349 g/mol. The minimum atomic E-state index is -1.05. The van der Waals surface area contributed by atoms with Crippen LogP contribution in [0.3, 0.4) is 0 Å². The third kappa shape index (κ3) is 3.76. The van der Waals surface area contributed by atoms with Crippen molar-refractivity contribution in [3.05, 3.63) is 35.0 Å². The normalized spacial score (nSPS) is 26.2. The molecular weight excluding hydrogens is 322 g/mol. The van der Waals surface area contributed by atoms with Crippen LogP contribution in [0.4, 0.5) is 5.69 Å². The summed E-state index contributed by atoms with van der Waals surface area (Å²) >= 11 is 0. The summed E-state index contributed by atoms with van der Waals surface area (Å²) in [6.07, 6.45) is 2.10. The molecule has 1 aromatic rings. The van der Waals surface area contributed by atoms with Gasteiger partial charge in [-0.25, -0.2) is 10.0 Å². The molecule has 3 atom stereocenters. The highest BCUT2D eigenvalue weighted by Gasteiger charge is 2.53. The summed E-state index contributed by atoms with van der Waals surface area (Å²) < 4.78 is 5.19. The fraction of sp³-hybridized carbons (Fsp3) is 0.579. The van der Waals surface area contributed by atoms with Crippen molar-refractivity contribution >= 4 is 17.4 Å². The van der Waals surface area contributed by atoms with Crippen LogP contribution in [0.15, 0.2) is 24.3 Å². The van der Waals surface area contributed by atoms with Crippen molar-refractivity contribution in [2.45, 2.75) is 47.0 Å². The first-order valence-electron chi connectivity index (χ1n) is 8.63. The number of carbonyl (C=O) groups is 2. The van der Waals surface area contributed by atoms with Gasteiger partial charge in [-0.1, -0.05) is 27.7 Å². The maximum Gasteiger partial charge on any atom is 0.338 e. The number of nitrogens with one attached hydrogen (secondary N) is 1. The summed E-state index contributed by atoms with van der Waals surface area (Å²) in [5.74, 6) is 0.0709. The molecule has 25 heavy (non-hydrogen) atoms. The van der Waals surface area contributed by atoms with Gasteiger partial charge < -0.3 is 9.94 Å². The number of ketones is 1. The Balaban J connectivity index is 1.90. The van der Waals surface area contributed by atoms with Crippen molar-refractivity contribution in [1.29, 1.82) is 0 Å². The van der Waals surface area contributed by atoms with E-state index in [1.807, 2.05) is 6.92 Å². The lowest BCUT2D eigenvalue weighted by Crippen LogP contribution is -2.99. The van der Waals surface area contributed by atoms with Gasteiger partial charge in [-0.15, -0.1) is 0 Å². The lowest BCUT2D eigenvalue weighted by atomic mass is 9.63. The van der Waals surface area contributed by atoms with Crippen molar-refractivity contribution in [3.8, 4) is 0 Å². The van der Waals surface area contributed by atoms with Crippen LogP contribution in [0.2, 0.25) is 0 Å². The van der Waals surface area contributed by atoms with Crippen LogP contribution in [-0.2, 0) is 9.53 Å². The Kier molecular flexibility index (Phi) is 5.66. The Labute approximate surface area is 148 Å². The van der Waals surface area contributed by atoms with Crippen LogP contribution in [-0.4, -0.2) is 23.6 Å². The van der Waals surface area contributed by atoms with Gasteiger partial charge in [0, 0.05) is 24.0 Å². The first-order chi connectivity index (χ1) is 11.6. The summed E-state index contributed by atoms with van der Waals surface area (Å²) in [4.78, 5) is 24.7. The highest BCUT2D eigenvalue weighted by atomic mass is 16.8. The maximum atomic E-state index is 12.7. The predicted octanol–water partition coefficient (Wildman–Crippen LogP) is 2.67. The van der Waals surface area contributed by atoms with E-state index in [0.717, 1.165) is 12.8 Å². The SMILES string of the molecule is C[C@@H]1CC[C@](C)(C(=O)CCOC(=O)c2ccc([NH+]([O-])O)cc2)C1(C)C. The van der Waals surface area contributed by atoms with Crippen LogP contribution in [0, 0.1) is 22.0 Å². The zero-order chi connectivity index (χ0) is 18.8. The predicted molar refractivity (Wildman–Crippen MR) is 92.4 cm³/mol. The molecule has 0 radical (unpaired) electrons. The van der Waals surface area contributed by atoms with Gasteiger partial charge in [-0.05, 0) is 36.3 Å². The average Bonchev–Trinajstić information content (AvgIpc) is 2.78. The molecule has 1 saturated carbocycles. The van der Waals surface area contributed by atoms with E-state index in [1.165, 1.54) is 24.3 Å². The third-order valence-corrected chi connectivity index (χ3v) is 6.28. The number of ether oxygens (including phenoxy) is 1. The standard InChI is InChI=1S/C19H27NO5/c1-13-9-11-19(4,18(13,2)3)16(21)10-12-25-17(22)14-5-7-15(8-6-14)20(23)24/h5-8,13,20,23H,9-12H2,1-4H3/t13-,19-/m1/s1. The molecule has 0 spiro atoms. The van der Waals surface area contributed by atoms with Gasteiger partial charge >= 0.3 is 5.97 Å². The molecule has 1 aliphatic carbocycles. The zero-order valence-electron chi connectivity index (χ0n) is 15.3. The number of Topliss-reactive ketones (excluding diaryl/α,β-unsaturated/α-hetero) is 1. The van der Waals surface area contributed by atoms with E-state index in [4.69, 9.17) is 9.94 Å². The smallest absolute Gasteiger partial charge is 0.338 e. The summed E-state index contributed by atoms with van der Waals surface area (Å²) in [6.45, 7) is 8.51. The number of quaternary nitrogens is 1. The molecule has 1 fully saturated rings. The minimum absolute atomic E-state index is 0.0401. The quantitative estimate of drug-likeness (QED) is 0.608. The van der Waals surface area contributed by atoms with Crippen molar-refractivity contribution in [2.24, 2.45) is 16.7 Å². The van der Waals surface area contributed by atoms with Gasteiger partial charge in [0.2, 0.25) is 0 Å². The van der Waals surface area contributed by atoms with E-state index in [9.17, 15) is 14.8 Å². The second-order valence-corrected chi connectivity index (χ2v) is 7.69. The van der Waals surface area contributed by atoms with E-state index in [-0.39, 0.29) is 40.9 Å². The van der Waals surface area contributed by atoms with E-state index < -0.39 is 11.2 Å². The van der Waals surface area contributed by atoms with Gasteiger partial charge in [-0.2, -0.15) is 5.23 Å². The van der Waals surface area contributed by atoms with E-state index >= 15 is 0 Å². The summed E-state index contributed by atoms with van der Waals surface area (Å²) in [6, 6.07) is 5.54. The molecule has 6 nitrogen and oxygen atoms in total. The maximum absolute atomic E-state index is 12.7. The van der Waals surface area contributed by atoms with Crippen molar-refractivity contribution < 1.29 is 24.8 Å². The number of benzene rings is 1. The zero-order valence-corrected chi connectivity index (χ0v) is 15.3. The van der Waals surface area contributed by atoms with Gasteiger partial charge in [0.25, 0.3) is 0 Å². The summed E-state index contributed by atoms with van der Waals surface area (Å²) in [5, 5.41) is 18.6. The molecule has 138 valence electrons. The first kappa shape index (κ1) is 19.6. The molecule has 0 saturated heterocycles. The van der Waals surface area contributed by atoms with E-state index in [1.54, 1.807) is 0 Å². The molecule has 1 aromatic carbocycles. The molecule has 0 aromatic heterocycles. The Bertz CT molecular complexity index is 638. The number of rotatable bonds is 6. The number of esters is 1. The van der Waals surface area contributed by atoms with E-state index in [0.29, 0.717) is 5.92 Å². The second-order valence-electron chi connectivity index (χ2n) is 7.69. The molecule has 1 unspecified atom stereocenters. The fourth-order valence-electron chi connectivity index (χ4n) is 3.58. The van der Waals surface area contributed by atoms with Crippen molar-refractivity contribution in [1.82, 2.24) is 0 Å². The van der Waals surface area contributed by atoms with Gasteiger partial charge in [0.05, 0.1) is 12.2 Å². The van der Waals surface area contributed by atoms with Gasteiger partial charge in [0.1, 0.15) is 5.78 Å². The second kappa shape index (κ2) is 7.23. The Morgan fingerprint density at radius 2 is 1.88 bits per heavy atom. The number of hydrogen-bond donors (Lipinski definition) is 2. The van der Waals surface area contributed by atoms with Crippen LogP contribution in [0.25, 0.3) is 0 Å². The summed E-state index contributed by atoms with van der Waals surface area (Å²) in [5.41, 5.74) is -0.0707. The van der Waals surface area contributed by atoms with Crippen LogP contribution < -0.4 is 5.23 Å². The lowest BCUT2D eigenvalue weighted by Gasteiger charge is -2.39. The minimum Gasteiger partial charge on any atom is -0.595 e. The third-order valence-electron chi connectivity index (χ3n) is 6.28. The fourth-order valence-corrected chi connectivity index (χ4v) is 3.58. The van der Waals surface area contributed by atoms with Crippen molar-refractivity contribution in [2.75, 3.05) is 6.61 Å². The van der Waals surface area contributed by atoms with Gasteiger partial charge in [-0.3, -0.25) is 4.79 Å². The molecule has 1 aliphatic rings. The van der Waals surface area contributed by atoms with E-state index in [2.05, 4.69) is 20.8 Å². The molecular formula is C19H27NO5. The summed E-state index contributed by atoms with van der Waals surface area (Å²) in [7, 11) is 0. The molecule has 2 N–H and O–H groups in total. The molecule has 0 aliphatic heterocycles. The molecule has 0 heterocycles. The number of carbonyl (C=O) groups excluding carboxylic acids is 2.